The summed E-state index contributed by atoms with van der Waals surface area (Å²) >= 11 is 0. The van der Waals surface area contributed by atoms with Crippen molar-refractivity contribution in [2.24, 2.45) is 5.92 Å². The van der Waals surface area contributed by atoms with E-state index in [1.54, 1.807) is 27.0 Å². The van der Waals surface area contributed by atoms with Crippen LogP contribution in [0.25, 0.3) is 10.9 Å². The molecule has 0 aliphatic carbocycles. The van der Waals surface area contributed by atoms with Crippen LogP contribution in [-0.2, 0) is 32.0 Å². The number of carbonyl (C=O) groups excluding carboxylic acids is 3. The van der Waals surface area contributed by atoms with Crippen molar-refractivity contribution in [2.45, 2.75) is 64.5 Å². The van der Waals surface area contributed by atoms with Gasteiger partial charge < -0.3 is 20.1 Å². The highest BCUT2D eigenvalue weighted by Crippen LogP contribution is 2.23. The normalized spacial score (nSPS) is 13.1. The van der Waals surface area contributed by atoms with E-state index in [0.717, 1.165) is 22.0 Å². The number of rotatable bonds is 12. The second kappa shape index (κ2) is 12.3. The average Bonchev–Trinajstić information content (AvgIpc) is 3.24. The van der Waals surface area contributed by atoms with Gasteiger partial charge in [0.1, 0.15) is 11.4 Å². The molecule has 0 fully saturated rings. The van der Waals surface area contributed by atoms with Gasteiger partial charge in [-0.3, -0.25) is 14.4 Å². The minimum absolute atomic E-state index is 0.0994. The van der Waals surface area contributed by atoms with E-state index < -0.39 is 29.6 Å². The molecule has 0 bridgehead atoms. The number of carboxylic acid groups (broad SMARTS) is 1. The Kier molecular flexibility index (Phi) is 9.22. The van der Waals surface area contributed by atoms with Gasteiger partial charge in [0, 0.05) is 36.4 Å². The number of nitrogens with one attached hydrogen (secondary N) is 2. The number of ether oxygens (including phenoxy) is 1. The molecule has 8 nitrogen and oxygen atoms in total. The van der Waals surface area contributed by atoms with Crippen LogP contribution in [0, 0.1) is 5.92 Å². The maximum absolute atomic E-state index is 13.0. The Bertz CT molecular complexity index is 1240. The van der Waals surface area contributed by atoms with Crippen LogP contribution in [0.4, 0.5) is 4.79 Å². The summed E-state index contributed by atoms with van der Waals surface area (Å²) in [5, 5.41) is 13.3. The molecule has 3 aromatic rings. The summed E-state index contributed by atoms with van der Waals surface area (Å²) in [6.45, 7) is 5.19. The Balaban J connectivity index is 1.61. The number of Topliss-reactive ketones (excluding diaryl/α,β-unsaturated/α-hetero) is 2. The SMILES string of the molecule is CC(C)(C)OC(=O)N[C@@H](Cc1ccccc1)C(=O)CCC(=O)C[C@@H](Cc1c[nH]c2ccccc12)C(=O)O. The molecule has 8 heteroatoms. The molecule has 37 heavy (non-hydrogen) atoms. The fourth-order valence-corrected chi connectivity index (χ4v) is 4.17. The predicted octanol–water partition coefficient (Wildman–Crippen LogP) is 4.86. The van der Waals surface area contributed by atoms with E-state index in [9.17, 15) is 24.3 Å². The monoisotopic (exact) mass is 506 g/mol. The molecule has 0 spiro atoms. The summed E-state index contributed by atoms with van der Waals surface area (Å²) in [4.78, 5) is 53.1. The van der Waals surface area contributed by atoms with Crippen molar-refractivity contribution in [3.05, 3.63) is 71.9 Å². The minimum atomic E-state index is -1.06. The first-order valence-corrected chi connectivity index (χ1v) is 12.4. The Hall–Kier alpha value is -3.94. The molecular formula is C29H34N2O6. The third-order valence-corrected chi connectivity index (χ3v) is 5.98. The van der Waals surface area contributed by atoms with Gasteiger partial charge in [-0.2, -0.15) is 0 Å². The quantitative estimate of drug-likeness (QED) is 0.322. The van der Waals surface area contributed by atoms with Crippen LogP contribution < -0.4 is 5.32 Å². The van der Waals surface area contributed by atoms with Gasteiger partial charge in [0.05, 0.1) is 12.0 Å². The van der Waals surface area contributed by atoms with Gasteiger partial charge >= 0.3 is 12.1 Å². The summed E-state index contributed by atoms with van der Waals surface area (Å²) in [5.74, 6) is -2.58. The molecule has 0 unspecified atom stereocenters. The highest BCUT2D eigenvalue weighted by Gasteiger charge is 2.27. The highest BCUT2D eigenvalue weighted by molar-refractivity contribution is 5.92. The molecule has 2 atom stereocenters. The predicted molar refractivity (Wildman–Crippen MR) is 140 cm³/mol. The summed E-state index contributed by atoms with van der Waals surface area (Å²) < 4.78 is 5.30. The number of aliphatic carboxylic acids is 1. The number of H-pyrrole nitrogens is 1. The number of aromatic amines is 1. The largest absolute Gasteiger partial charge is 0.481 e. The lowest BCUT2D eigenvalue weighted by atomic mass is 9.92. The van der Waals surface area contributed by atoms with Crippen LogP contribution in [0.5, 0.6) is 0 Å². The van der Waals surface area contributed by atoms with Crippen molar-refractivity contribution in [1.29, 1.82) is 0 Å². The second-order valence-electron chi connectivity index (χ2n) is 10.2. The molecule has 1 heterocycles. The zero-order valence-electron chi connectivity index (χ0n) is 21.5. The fourth-order valence-electron chi connectivity index (χ4n) is 4.17. The van der Waals surface area contributed by atoms with Crippen LogP contribution in [0.1, 0.15) is 51.2 Å². The molecule has 0 aliphatic rings. The van der Waals surface area contributed by atoms with Crippen LogP contribution in [0.3, 0.4) is 0 Å². The van der Waals surface area contributed by atoms with E-state index in [4.69, 9.17) is 4.74 Å². The molecule has 196 valence electrons. The summed E-state index contributed by atoms with van der Waals surface area (Å²) in [5.41, 5.74) is 1.86. The lowest BCUT2D eigenvalue weighted by molar-refractivity contribution is -0.143. The van der Waals surface area contributed by atoms with E-state index in [1.807, 2.05) is 54.6 Å². The van der Waals surface area contributed by atoms with Crippen molar-refractivity contribution >= 4 is 34.5 Å². The number of carbonyl (C=O) groups is 4. The third-order valence-electron chi connectivity index (χ3n) is 5.98. The number of benzene rings is 2. The Morgan fingerprint density at radius 1 is 0.946 bits per heavy atom. The number of para-hydroxylation sites is 1. The first-order chi connectivity index (χ1) is 17.5. The molecule has 1 aromatic heterocycles. The van der Waals surface area contributed by atoms with Gasteiger partial charge in [-0.05, 0) is 50.8 Å². The maximum atomic E-state index is 13.0. The van der Waals surface area contributed by atoms with E-state index in [-0.39, 0.29) is 43.7 Å². The molecule has 0 saturated carbocycles. The zero-order valence-corrected chi connectivity index (χ0v) is 21.5. The summed E-state index contributed by atoms with van der Waals surface area (Å²) in [6, 6.07) is 16.0. The molecule has 0 radical (unpaired) electrons. The fraction of sp³-hybridized carbons (Fsp3) is 0.379. The number of aromatic nitrogens is 1. The number of hydrogen-bond donors (Lipinski definition) is 3. The Morgan fingerprint density at radius 3 is 2.30 bits per heavy atom. The zero-order chi connectivity index (χ0) is 27.0. The van der Waals surface area contributed by atoms with Gasteiger partial charge in [0.15, 0.2) is 5.78 Å². The van der Waals surface area contributed by atoms with Gasteiger partial charge in [-0.1, -0.05) is 48.5 Å². The van der Waals surface area contributed by atoms with Crippen LogP contribution in [-0.4, -0.2) is 45.4 Å². The second-order valence-corrected chi connectivity index (χ2v) is 10.2. The first-order valence-electron chi connectivity index (χ1n) is 12.4. The Morgan fingerprint density at radius 2 is 1.62 bits per heavy atom. The maximum Gasteiger partial charge on any atom is 0.408 e. The van der Waals surface area contributed by atoms with Crippen molar-refractivity contribution in [3.8, 4) is 0 Å². The lowest BCUT2D eigenvalue weighted by Gasteiger charge is -2.23. The van der Waals surface area contributed by atoms with Crippen molar-refractivity contribution in [2.75, 3.05) is 0 Å². The minimum Gasteiger partial charge on any atom is -0.481 e. The van der Waals surface area contributed by atoms with E-state index in [0.29, 0.717) is 0 Å². The molecular weight excluding hydrogens is 472 g/mol. The van der Waals surface area contributed by atoms with E-state index >= 15 is 0 Å². The number of fused-ring (bicyclic) bond motifs is 1. The van der Waals surface area contributed by atoms with Gasteiger partial charge in [-0.25, -0.2) is 4.79 Å². The smallest absolute Gasteiger partial charge is 0.408 e. The summed E-state index contributed by atoms with van der Waals surface area (Å²) in [7, 11) is 0. The molecule has 0 saturated heterocycles. The van der Waals surface area contributed by atoms with Crippen molar-refractivity contribution < 1.29 is 29.0 Å². The number of ketones is 2. The first kappa shape index (κ1) is 27.6. The molecule has 3 N–H and O–H groups in total. The van der Waals surface area contributed by atoms with Crippen LogP contribution in [0.15, 0.2) is 60.8 Å². The topological polar surface area (TPSA) is 126 Å². The van der Waals surface area contributed by atoms with Gasteiger partial charge in [0.25, 0.3) is 0 Å². The average molecular weight is 507 g/mol. The number of amides is 1. The van der Waals surface area contributed by atoms with Crippen LogP contribution in [0.2, 0.25) is 0 Å². The van der Waals surface area contributed by atoms with Gasteiger partial charge in [-0.15, -0.1) is 0 Å². The van der Waals surface area contributed by atoms with Crippen molar-refractivity contribution in [1.82, 2.24) is 10.3 Å². The molecule has 3 rings (SSSR count). The summed E-state index contributed by atoms with van der Waals surface area (Å²) in [6.07, 6.45) is 1.14. The molecule has 0 aliphatic heterocycles. The number of carboxylic acids is 1. The van der Waals surface area contributed by atoms with E-state index in [2.05, 4.69) is 10.3 Å². The third kappa shape index (κ3) is 8.59. The van der Waals surface area contributed by atoms with Gasteiger partial charge in [0.2, 0.25) is 0 Å². The number of alkyl carbamates (subject to hydrolysis) is 1. The van der Waals surface area contributed by atoms with Crippen LogP contribution >= 0.6 is 0 Å². The van der Waals surface area contributed by atoms with E-state index in [1.165, 1.54) is 0 Å². The standard InChI is InChI=1S/C29H34N2O6/c1-29(2,3)37-28(36)31-25(15-19-9-5-4-6-10-19)26(33)14-13-22(32)17-20(27(34)35)16-21-18-30-24-12-8-7-11-23(21)24/h4-12,18,20,25,30H,13-17H2,1-3H3,(H,31,36)(H,34,35)/t20-,25+/m1/s1. The van der Waals surface area contributed by atoms with Crippen molar-refractivity contribution in [3.63, 3.8) is 0 Å². The molecule has 2 aromatic carbocycles. The highest BCUT2D eigenvalue weighted by atomic mass is 16.6. The lowest BCUT2D eigenvalue weighted by Crippen LogP contribution is -2.44. The Labute approximate surface area is 216 Å². The number of hydrogen-bond acceptors (Lipinski definition) is 5. The molecule has 1 amide bonds.